The van der Waals surface area contributed by atoms with Crippen molar-refractivity contribution in [2.24, 2.45) is 0 Å². The number of aromatic amines is 1. The molecule has 0 aliphatic carbocycles. The summed E-state index contributed by atoms with van der Waals surface area (Å²) >= 11 is 11.7. The van der Waals surface area contributed by atoms with Gasteiger partial charge in [0.05, 0.1) is 14.9 Å². The molecule has 8 heteroatoms. The van der Waals surface area contributed by atoms with E-state index in [0.29, 0.717) is 11.1 Å². The summed E-state index contributed by atoms with van der Waals surface area (Å²) < 4.78 is 27.1. The van der Waals surface area contributed by atoms with E-state index in [9.17, 15) is 13.2 Å². The zero-order valence-corrected chi connectivity index (χ0v) is 15.5. The second-order valence-electron chi connectivity index (χ2n) is 5.61. The van der Waals surface area contributed by atoms with Crippen molar-refractivity contribution in [2.75, 3.05) is 0 Å². The fourth-order valence-electron chi connectivity index (χ4n) is 2.39. The van der Waals surface area contributed by atoms with E-state index >= 15 is 0 Å². The van der Waals surface area contributed by atoms with Gasteiger partial charge in [0.25, 0.3) is 5.56 Å². The smallest absolute Gasteiger partial charge is 0.252 e. The number of rotatable bonds is 4. The summed E-state index contributed by atoms with van der Waals surface area (Å²) in [5, 5.41) is 1.24. The highest BCUT2D eigenvalue weighted by Gasteiger charge is 2.16. The van der Waals surface area contributed by atoms with Gasteiger partial charge < -0.3 is 4.98 Å². The summed E-state index contributed by atoms with van der Waals surface area (Å²) in [5.74, 6) is 0. The van der Waals surface area contributed by atoms with Gasteiger partial charge in [-0.2, -0.15) is 0 Å². The molecule has 130 valence electrons. The fourth-order valence-corrected chi connectivity index (χ4v) is 3.79. The highest BCUT2D eigenvalue weighted by Crippen LogP contribution is 2.24. The Labute approximate surface area is 154 Å². The number of pyridine rings is 1. The molecule has 5 nitrogen and oxygen atoms in total. The number of halogens is 2. The Morgan fingerprint density at radius 1 is 1.04 bits per heavy atom. The number of H-pyrrole nitrogens is 1. The number of fused-ring (bicyclic) bond motifs is 1. The highest BCUT2D eigenvalue weighted by atomic mass is 35.5. The van der Waals surface area contributed by atoms with E-state index in [1.165, 1.54) is 18.2 Å². The largest absolute Gasteiger partial charge is 0.322 e. The molecule has 0 aliphatic heterocycles. The Morgan fingerprint density at radius 3 is 2.52 bits per heavy atom. The van der Waals surface area contributed by atoms with Crippen molar-refractivity contribution in [3.63, 3.8) is 0 Å². The quantitative estimate of drug-likeness (QED) is 0.706. The third-order valence-corrected chi connectivity index (χ3v) is 5.87. The van der Waals surface area contributed by atoms with Crippen LogP contribution in [0.1, 0.15) is 11.1 Å². The van der Waals surface area contributed by atoms with Crippen molar-refractivity contribution in [3.8, 4) is 0 Å². The summed E-state index contributed by atoms with van der Waals surface area (Å²) in [6, 6.07) is 11.3. The molecular formula is C17H14Cl2N2O3S. The number of sulfonamides is 1. The van der Waals surface area contributed by atoms with E-state index in [4.69, 9.17) is 23.2 Å². The first-order valence-corrected chi connectivity index (χ1v) is 9.57. The van der Waals surface area contributed by atoms with Crippen LogP contribution in [-0.2, 0) is 16.6 Å². The molecule has 0 amide bonds. The fraction of sp³-hybridized carbons (Fsp3) is 0.118. The summed E-state index contributed by atoms with van der Waals surface area (Å²) in [6.07, 6.45) is 0. The second-order valence-corrected chi connectivity index (χ2v) is 8.20. The summed E-state index contributed by atoms with van der Waals surface area (Å²) in [7, 11) is -3.82. The summed E-state index contributed by atoms with van der Waals surface area (Å²) in [6.45, 7) is 1.79. The number of aromatic nitrogens is 1. The molecule has 0 saturated heterocycles. The average Bonchev–Trinajstić information content (AvgIpc) is 2.55. The molecule has 0 bridgehead atoms. The number of aryl methyl sites for hydroxylation is 1. The molecule has 0 saturated carbocycles. The van der Waals surface area contributed by atoms with Crippen LogP contribution in [0.2, 0.25) is 10.0 Å². The van der Waals surface area contributed by atoms with Gasteiger partial charge in [-0.1, -0.05) is 35.3 Å². The van der Waals surface area contributed by atoms with E-state index in [1.807, 2.05) is 25.1 Å². The van der Waals surface area contributed by atoms with E-state index < -0.39 is 10.0 Å². The molecule has 2 aromatic carbocycles. The standard InChI is InChI=1S/C17H14Cl2N2O3S/c1-10-2-3-11-7-12(17(22)21-16(11)6-10)9-20-25(23,24)13-4-5-14(18)15(19)8-13/h2-8,20H,9H2,1H3,(H,21,22). The normalized spacial score (nSPS) is 11.8. The molecule has 0 spiro atoms. The summed E-state index contributed by atoms with van der Waals surface area (Å²) in [5.41, 5.74) is 1.72. The maximum absolute atomic E-state index is 12.4. The van der Waals surface area contributed by atoms with Crippen LogP contribution in [-0.4, -0.2) is 13.4 Å². The van der Waals surface area contributed by atoms with Crippen molar-refractivity contribution in [2.45, 2.75) is 18.4 Å². The van der Waals surface area contributed by atoms with Crippen LogP contribution in [0.4, 0.5) is 0 Å². The maximum Gasteiger partial charge on any atom is 0.252 e. The van der Waals surface area contributed by atoms with Crippen molar-refractivity contribution < 1.29 is 8.42 Å². The lowest BCUT2D eigenvalue weighted by Gasteiger charge is -2.08. The van der Waals surface area contributed by atoms with Gasteiger partial charge in [-0.15, -0.1) is 0 Å². The Morgan fingerprint density at radius 2 is 1.80 bits per heavy atom. The molecular weight excluding hydrogens is 383 g/mol. The SMILES string of the molecule is Cc1ccc2cc(CNS(=O)(=O)c3ccc(Cl)c(Cl)c3)c(=O)[nH]c2c1. The van der Waals surface area contributed by atoms with Crippen LogP contribution in [0.15, 0.2) is 52.2 Å². The van der Waals surface area contributed by atoms with Gasteiger partial charge in [-0.25, -0.2) is 13.1 Å². The zero-order chi connectivity index (χ0) is 18.2. The Balaban J connectivity index is 1.88. The van der Waals surface area contributed by atoms with Crippen LogP contribution in [0, 0.1) is 6.92 Å². The molecule has 1 aromatic heterocycles. The van der Waals surface area contributed by atoms with Gasteiger partial charge in [0, 0.05) is 17.6 Å². The van der Waals surface area contributed by atoms with Crippen molar-refractivity contribution >= 4 is 44.1 Å². The Bertz CT molecular complexity index is 1120. The molecule has 3 rings (SSSR count). The predicted molar refractivity (Wildman–Crippen MR) is 99.8 cm³/mol. The lowest BCUT2D eigenvalue weighted by molar-refractivity contribution is 0.581. The van der Waals surface area contributed by atoms with Gasteiger partial charge in [0.15, 0.2) is 0 Å². The van der Waals surface area contributed by atoms with Crippen molar-refractivity contribution in [3.05, 3.63) is 74.0 Å². The third kappa shape index (κ3) is 3.88. The van der Waals surface area contributed by atoms with E-state index in [0.717, 1.165) is 10.9 Å². The number of hydrogen-bond donors (Lipinski definition) is 2. The molecule has 25 heavy (non-hydrogen) atoms. The first-order chi connectivity index (χ1) is 11.8. The second kappa shape index (κ2) is 6.80. The zero-order valence-electron chi connectivity index (χ0n) is 13.1. The first-order valence-electron chi connectivity index (χ1n) is 7.33. The average molecular weight is 397 g/mol. The first kappa shape index (κ1) is 17.9. The van der Waals surface area contributed by atoms with Gasteiger partial charge >= 0.3 is 0 Å². The van der Waals surface area contributed by atoms with Crippen LogP contribution >= 0.6 is 23.2 Å². The predicted octanol–water partition coefficient (Wildman–Crippen LogP) is 3.62. The monoisotopic (exact) mass is 396 g/mol. The van der Waals surface area contributed by atoms with E-state index in [2.05, 4.69) is 9.71 Å². The van der Waals surface area contributed by atoms with Gasteiger partial charge in [-0.05, 0) is 48.2 Å². The third-order valence-electron chi connectivity index (χ3n) is 3.73. The number of hydrogen-bond acceptors (Lipinski definition) is 3. The maximum atomic E-state index is 12.4. The van der Waals surface area contributed by atoms with Crippen LogP contribution in [0.25, 0.3) is 10.9 Å². The minimum atomic E-state index is -3.82. The molecule has 0 atom stereocenters. The number of benzene rings is 2. The van der Waals surface area contributed by atoms with Crippen molar-refractivity contribution in [1.82, 2.24) is 9.71 Å². The molecule has 0 unspecified atom stereocenters. The molecule has 3 aromatic rings. The van der Waals surface area contributed by atoms with Gasteiger partial charge in [-0.3, -0.25) is 4.79 Å². The van der Waals surface area contributed by atoms with E-state index in [-0.39, 0.29) is 27.0 Å². The minimum Gasteiger partial charge on any atom is -0.322 e. The molecule has 0 fully saturated rings. The number of nitrogens with one attached hydrogen (secondary N) is 2. The van der Waals surface area contributed by atoms with Gasteiger partial charge in [0.1, 0.15) is 0 Å². The molecule has 1 heterocycles. The van der Waals surface area contributed by atoms with Crippen LogP contribution in [0.5, 0.6) is 0 Å². The Kier molecular flexibility index (Phi) is 4.88. The minimum absolute atomic E-state index is 0.0188. The lowest BCUT2D eigenvalue weighted by Crippen LogP contribution is -2.27. The Hall–Kier alpha value is -1.86. The topological polar surface area (TPSA) is 79.0 Å². The lowest BCUT2D eigenvalue weighted by atomic mass is 10.1. The van der Waals surface area contributed by atoms with Gasteiger partial charge in [0.2, 0.25) is 10.0 Å². The van der Waals surface area contributed by atoms with Crippen LogP contribution in [0.3, 0.4) is 0 Å². The molecule has 0 aliphatic rings. The van der Waals surface area contributed by atoms with Crippen molar-refractivity contribution in [1.29, 1.82) is 0 Å². The van der Waals surface area contributed by atoms with E-state index in [1.54, 1.807) is 6.07 Å². The summed E-state index contributed by atoms with van der Waals surface area (Å²) in [4.78, 5) is 14.9. The molecule has 0 radical (unpaired) electrons. The highest BCUT2D eigenvalue weighted by molar-refractivity contribution is 7.89. The molecule has 2 N–H and O–H groups in total. The van der Waals surface area contributed by atoms with Crippen LogP contribution < -0.4 is 10.3 Å².